The van der Waals surface area contributed by atoms with E-state index in [4.69, 9.17) is 23.2 Å². The van der Waals surface area contributed by atoms with Crippen molar-refractivity contribution in [2.45, 2.75) is 52.2 Å². The van der Waals surface area contributed by atoms with E-state index in [1.807, 2.05) is 57.2 Å². The number of hydrogen-bond acceptors (Lipinski definition) is 4. The van der Waals surface area contributed by atoms with Gasteiger partial charge in [-0.3, -0.25) is 13.9 Å². The molecule has 7 nitrogen and oxygen atoms in total. The van der Waals surface area contributed by atoms with E-state index in [0.717, 1.165) is 16.1 Å². The summed E-state index contributed by atoms with van der Waals surface area (Å²) >= 11 is 12.5. The van der Waals surface area contributed by atoms with Gasteiger partial charge in [-0.2, -0.15) is 0 Å². The molecule has 214 valence electrons. The Morgan fingerprint density at radius 2 is 1.55 bits per heavy atom. The highest BCUT2D eigenvalue weighted by molar-refractivity contribution is 7.92. The molecule has 3 aromatic rings. The van der Waals surface area contributed by atoms with Crippen LogP contribution in [0, 0.1) is 6.92 Å². The Morgan fingerprint density at radius 1 is 0.925 bits per heavy atom. The molecule has 10 heteroatoms. The predicted molar refractivity (Wildman–Crippen MR) is 162 cm³/mol. The molecular weight excluding hydrogens is 569 g/mol. The minimum absolute atomic E-state index is 0.0422. The SMILES string of the molecule is Cc1c(Cl)cccc1N(CC(=O)N(Cc1cccc(Cl)c1)C(Cc1ccccc1)C(=O)NC(C)(C)C)S(C)(=O)=O. The second-order valence-electron chi connectivity index (χ2n) is 10.7. The van der Waals surface area contributed by atoms with Gasteiger partial charge in [0.25, 0.3) is 0 Å². The molecule has 2 amide bonds. The number of benzene rings is 3. The summed E-state index contributed by atoms with van der Waals surface area (Å²) in [5.74, 6) is -0.897. The number of halogens is 2. The predicted octanol–water partition coefficient (Wildman–Crippen LogP) is 5.62. The largest absolute Gasteiger partial charge is 0.350 e. The molecule has 0 aromatic heterocycles. The van der Waals surface area contributed by atoms with Crippen molar-refractivity contribution in [1.82, 2.24) is 10.2 Å². The third-order valence-electron chi connectivity index (χ3n) is 6.20. The summed E-state index contributed by atoms with van der Waals surface area (Å²) in [6, 6.07) is 20.3. The summed E-state index contributed by atoms with van der Waals surface area (Å²) in [4.78, 5) is 29.3. The first-order valence-electron chi connectivity index (χ1n) is 12.8. The van der Waals surface area contributed by atoms with Crippen LogP contribution in [0.25, 0.3) is 0 Å². The lowest BCUT2D eigenvalue weighted by Crippen LogP contribution is -2.56. The molecule has 0 aliphatic heterocycles. The molecule has 0 fully saturated rings. The minimum Gasteiger partial charge on any atom is -0.350 e. The summed E-state index contributed by atoms with van der Waals surface area (Å²) < 4.78 is 26.9. The minimum atomic E-state index is -3.89. The van der Waals surface area contributed by atoms with E-state index < -0.39 is 34.1 Å². The molecule has 0 bridgehead atoms. The van der Waals surface area contributed by atoms with E-state index in [9.17, 15) is 18.0 Å². The molecule has 0 radical (unpaired) electrons. The molecule has 0 saturated carbocycles. The lowest BCUT2D eigenvalue weighted by molar-refractivity contribution is -0.140. The first kappa shape index (κ1) is 31.5. The van der Waals surface area contributed by atoms with Crippen LogP contribution in [-0.4, -0.2) is 49.5 Å². The van der Waals surface area contributed by atoms with Crippen molar-refractivity contribution >= 4 is 50.7 Å². The highest BCUT2D eigenvalue weighted by Gasteiger charge is 2.34. The van der Waals surface area contributed by atoms with Gasteiger partial charge in [-0.15, -0.1) is 0 Å². The average molecular weight is 605 g/mol. The fourth-order valence-corrected chi connectivity index (χ4v) is 5.58. The first-order chi connectivity index (χ1) is 18.7. The fraction of sp³-hybridized carbons (Fsp3) is 0.333. The highest BCUT2D eigenvalue weighted by Crippen LogP contribution is 2.29. The van der Waals surface area contributed by atoms with Crippen molar-refractivity contribution in [3.63, 3.8) is 0 Å². The van der Waals surface area contributed by atoms with Gasteiger partial charge in [-0.1, -0.05) is 71.7 Å². The Labute approximate surface area is 247 Å². The maximum absolute atomic E-state index is 14.1. The summed E-state index contributed by atoms with van der Waals surface area (Å²) in [7, 11) is -3.89. The molecule has 3 rings (SSSR count). The van der Waals surface area contributed by atoms with E-state index in [0.29, 0.717) is 26.9 Å². The molecule has 40 heavy (non-hydrogen) atoms. The van der Waals surface area contributed by atoms with Gasteiger partial charge in [-0.05, 0) is 68.7 Å². The molecule has 3 aromatic carbocycles. The molecular formula is C30H35Cl2N3O4S. The second kappa shape index (κ2) is 13.1. The maximum atomic E-state index is 14.1. The third-order valence-corrected chi connectivity index (χ3v) is 7.97. The quantitative estimate of drug-likeness (QED) is 0.326. The lowest BCUT2D eigenvalue weighted by atomic mass is 10.0. The van der Waals surface area contributed by atoms with Crippen LogP contribution >= 0.6 is 23.2 Å². The first-order valence-corrected chi connectivity index (χ1v) is 15.4. The van der Waals surface area contributed by atoms with Crippen LogP contribution in [0.3, 0.4) is 0 Å². The molecule has 0 heterocycles. The molecule has 0 aliphatic carbocycles. The summed E-state index contributed by atoms with van der Waals surface area (Å²) in [6.45, 7) is 6.80. The zero-order chi connectivity index (χ0) is 29.7. The number of amides is 2. The standard InChI is InChI=1S/C30H35Cl2N3O4S/c1-21-25(32)15-10-16-26(21)35(40(5,38)39)20-28(36)34(19-23-13-9-14-24(31)17-23)27(29(37)33-30(2,3)4)18-22-11-7-6-8-12-22/h6-17,27H,18-20H2,1-5H3,(H,33,37). The number of rotatable bonds is 10. The number of carbonyl (C=O) groups excluding carboxylic acids is 2. The van der Waals surface area contributed by atoms with E-state index in [2.05, 4.69) is 5.32 Å². The van der Waals surface area contributed by atoms with Crippen LogP contribution in [0.5, 0.6) is 0 Å². The van der Waals surface area contributed by atoms with Crippen molar-refractivity contribution in [3.8, 4) is 0 Å². The van der Waals surface area contributed by atoms with Crippen LogP contribution in [0.4, 0.5) is 5.69 Å². The van der Waals surface area contributed by atoms with Crippen LogP contribution in [0.1, 0.15) is 37.5 Å². The number of carbonyl (C=O) groups is 2. The Bertz CT molecular complexity index is 1460. The number of sulfonamides is 1. The smallest absolute Gasteiger partial charge is 0.244 e. The van der Waals surface area contributed by atoms with Gasteiger partial charge < -0.3 is 10.2 Å². The number of nitrogens with zero attached hydrogens (tertiary/aromatic N) is 2. The molecule has 1 N–H and O–H groups in total. The molecule has 0 saturated heterocycles. The van der Waals surface area contributed by atoms with Crippen LogP contribution in [0.2, 0.25) is 10.0 Å². The van der Waals surface area contributed by atoms with Gasteiger partial charge >= 0.3 is 0 Å². The van der Waals surface area contributed by atoms with Crippen molar-refractivity contribution < 1.29 is 18.0 Å². The Morgan fingerprint density at radius 3 is 2.15 bits per heavy atom. The van der Waals surface area contributed by atoms with Gasteiger partial charge in [0.2, 0.25) is 21.8 Å². The van der Waals surface area contributed by atoms with Crippen LogP contribution in [-0.2, 0) is 32.6 Å². The molecule has 1 atom stereocenters. The van der Waals surface area contributed by atoms with Crippen molar-refractivity contribution in [2.75, 3.05) is 17.1 Å². The van der Waals surface area contributed by atoms with Crippen molar-refractivity contribution in [2.24, 2.45) is 0 Å². The van der Waals surface area contributed by atoms with E-state index in [-0.39, 0.29) is 18.9 Å². The summed E-state index contributed by atoms with van der Waals surface area (Å²) in [6.07, 6.45) is 1.26. The Kier molecular flexibility index (Phi) is 10.3. The van der Waals surface area contributed by atoms with E-state index in [1.165, 1.54) is 4.90 Å². The normalized spacial score (nSPS) is 12.5. The molecule has 0 spiro atoms. The zero-order valence-electron chi connectivity index (χ0n) is 23.3. The van der Waals surface area contributed by atoms with Gasteiger partial charge in [0.1, 0.15) is 12.6 Å². The van der Waals surface area contributed by atoms with E-state index in [1.54, 1.807) is 43.3 Å². The van der Waals surface area contributed by atoms with Gasteiger partial charge in [0.15, 0.2) is 0 Å². The number of anilines is 1. The Balaban J connectivity index is 2.10. The Hall–Kier alpha value is -3.07. The van der Waals surface area contributed by atoms with Crippen molar-refractivity contribution in [3.05, 3.63) is 99.5 Å². The lowest BCUT2D eigenvalue weighted by Gasteiger charge is -2.35. The summed E-state index contributed by atoms with van der Waals surface area (Å²) in [5.41, 5.74) is 1.81. The van der Waals surface area contributed by atoms with Gasteiger partial charge in [0.05, 0.1) is 11.9 Å². The second-order valence-corrected chi connectivity index (χ2v) is 13.5. The topological polar surface area (TPSA) is 86.8 Å². The highest BCUT2D eigenvalue weighted by atomic mass is 35.5. The fourth-order valence-electron chi connectivity index (χ4n) is 4.30. The summed E-state index contributed by atoms with van der Waals surface area (Å²) in [5, 5.41) is 3.85. The monoisotopic (exact) mass is 603 g/mol. The maximum Gasteiger partial charge on any atom is 0.244 e. The molecule has 1 unspecified atom stereocenters. The third kappa shape index (κ3) is 8.71. The van der Waals surface area contributed by atoms with E-state index >= 15 is 0 Å². The zero-order valence-corrected chi connectivity index (χ0v) is 25.6. The van der Waals surface area contributed by atoms with Gasteiger partial charge in [0, 0.05) is 28.5 Å². The number of nitrogens with one attached hydrogen (secondary N) is 1. The van der Waals surface area contributed by atoms with Crippen molar-refractivity contribution in [1.29, 1.82) is 0 Å². The number of hydrogen-bond donors (Lipinski definition) is 1. The van der Waals surface area contributed by atoms with Crippen LogP contribution in [0.15, 0.2) is 72.8 Å². The van der Waals surface area contributed by atoms with Crippen LogP contribution < -0.4 is 9.62 Å². The molecule has 0 aliphatic rings. The average Bonchev–Trinajstić information content (AvgIpc) is 2.85. The van der Waals surface area contributed by atoms with Gasteiger partial charge in [-0.25, -0.2) is 8.42 Å².